The summed E-state index contributed by atoms with van der Waals surface area (Å²) in [4.78, 5) is 16.2. The maximum atomic E-state index is 12.1. The van der Waals surface area contributed by atoms with E-state index in [2.05, 4.69) is 42.2 Å². The molecular weight excluding hydrogens is 378 g/mol. The second kappa shape index (κ2) is 5.34. The summed E-state index contributed by atoms with van der Waals surface area (Å²) in [7, 11) is 0. The van der Waals surface area contributed by atoms with Crippen LogP contribution in [-0.2, 0) is 0 Å². The molecule has 0 spiro atoms. The number of carbonyl (C=O) groups excluding carboxylic acids is 1. The molecule has 0 fully saturated rings. The van der Waals surface area contributed by atoms with E-state index in [1.807, 2.05) is 0 Å². The van der Waals surface area contributed by atoms with E-state index in [0.717, 1.165) is 0 Å². The number of hydrogen-bond acceptors (Lipinski definition) is 4. The molecule has 2 aromatic rings. The Morgan fingerprint density at radius 3 is 2.37 bits per heavy atom. The van der Waals surface area contributed by atoms with Crippen molar-refractivity contribution in [3.8, 4) is 0 Å². The van der Waals surface area contributed by atoms with Gasteiger partial charge in [-0.25, -0.2) is 4.98 Å². The average molecular weight is 389 g/mol. The molecule has 0 saturated carbocycles. The summed E-state index contributed by atoms with van der Waals surface area (Å²) in [6, 6.07) is 3.41. The number of nitrogen functional groups attached to an aromatic ring is 1. The van der Waals surface area contributed by atoms with Crippen molar-refractivity contribution >= 4 is 49.1 Å². The fourth-order valence-corrected chi connectivity index (χ4v) is 3.04. The molecule has 0 unspecified atom stereocenters. The number of anilines is 2. The lowest BCUT2D eigenvalue weighted by Gasteiger charge is -2.09. The van der Waals surface area contributed by atoms with Gasteiger partial charge in [-0.2, -0.15) is 0 Å². The molecule has 1 aromatic carbocycles. The Balaban J connectivity index is 2.32. The molecule has 0 saturated heterocycles. The van der Waals surface area contributed by atoms with Crippen LogP contribution in [0.3, 0.4) is 0 Å². The zero-order chi connectivity index (χ0) is 14.2. The van der Waals surface area contributed by atoms with Crippen molar-refractivity contribution in [3.05, 3.63) is 38.4 Å². The number of rotatable bonds is 2. The quantitative estimate of drug-likeness (QED) is 0.769. The van der Waals surface area contributed by atoms with E-state index in [1.165, 1.54) is 0 Å². The Hall–Kier alpha value is -1.34. The van der Waals surface area contributed by atoms with Crippen LogP contribution in [0.15, 0.2) is 25.5 Å². The third kappa shape index (κ3) is 2.98. The summed E-state index contributed by atoms with van der Waals surface area (Å²) in [5.41, 5.74) is 7.43. The van der Waals surface area contributed by atoms with Crippen molar-refractivity contribution in [1.29, 1.82) is 0 Å². The predicted octanol–water partition coefficient (Wildman–Crippen LogP) is 3.65. The topological polar surface area (TPSA) is 81.2 Å². The largest absolute Gasteiger partial charge is 0.436 e. The van der Waals surface area contributed by atoms with Crippen molar-refractivity contribution in [1.82, 2.24) is 4.98 Å². The molecule has 7 heteroatoms. The highest BCUT2D eigenvalue weighted by molar-refractivity contribution is 9.11. The van der Waals surface area contributed by atoms with Crippen molar-refractivity contribution < 1.29 is 9.21 Å². The molecule has 2 rings (SSSR count). The van der Waals surface area contributed by atoms with Crippen LogP contribution >= 0.6 is 31.9 Å². The number of hydrogen-bond donors (Lipinski definition) is 2. The fourth-order valence-electron chi connectivity index (χ4n) is 1.62. The number of aryl methyl sites for hydroxylation is 2. The number of nitrogens with zero attached hydrogens (tertiary/aromatic N) is 1. The van der Waals surface area contributed by atoms with Gasteiger partial charge in [-0.1, -0.05) is 0 Å². The third-order valence-corrected chi connectivity index (χ3v) is 3.66. The normalized spacial score (nSPS) is 10.5. The highest BCUT2D eigenvalue weighted by Gasteiger charge is 2.18. The van der Waals surface area contributed by atoms with Crippen LogP contribution < -0.4 is 11.1 Å². The van der Waals surface area contributed by atoms with Gasteiger partial charge >= 0.3 is 0 Å². The van der Waals surface area contributed by atoms with Gasteiger partial charge in [-0.15, -0.1) is 0 Å². The minimum absolute atomic E-state index is 0.202. The van der Waals surface area contributed by atoms with Crippen LogP contribution in [0, 0.1) is 13.8 Å². The standard InChI is InChI=1S/C12H11Br2N3O2/c1-5-11(19-6(2)16-5)12(18)17-10-8(13)3-7(15)4-9(10)14/h3-4H,15H2,1-2H3,(H,17,18). The number of halogens is 2. The van der Waals surface area contributed by atoms with Crippen LogP contribution in [0.5, 0.6) is 0 Å². The minimum atomic E-state index is -0.357. The summed E-state index contributed by atoms with van der Waals surface area (Å²) in [6.07, 6.45) is 0. The molecule has 1 aromatic heterocycles. The molecule has 0 aliphatic carbocycles. The summed E-state index contributed by atoms with van der Waals surface area (Å²) >= 11 is 6.70. The zero-order valence-corrected chi connectivity index (χ0v) is 13.4. The number of amides is 1. The van der Waals surface area contributed by atoms with E-state index < -0.39 is 0 Å². The lowest BCUT2D eigenvalue weighted by atomic mass is 10.2. The van der Waals surface area contributed by atoms with E-state index >= 15 is 0 Å². The maximum absolute atomic E-state index is 12.1. The van der Waals surface area contributed by atoms with Crippen LogP contribution in [0.25, 0.3) is 0 Å². The molecule has 100 valence electrons. The van der Waals surface area contributed by atoms with Gasteiger partial charge in [0.15, 0.2) is 5.89 Å². The maximum Gasteiger partial charge on any atom is 0.293 e. The van der Waals surface area contributed by atoms with Crippen LogP contribution in [0.4, 0.5) is 11.4 Å². The molecule has 5 nitrogen and oxygen atoms in total. The van der Waals surface area contributed by atoms with Gasteiger partial charge in [0.1, 0.15) is 0 Å². The molecule has 0 aliphatic heterocycles. The Morgan fingerprint density at radius 1 is 1.32 bits per heavy atom. The Morgan fingerprint density at radius 2 is 1.89 bits per heavy atom. The Kier molecular flexibility index (Phi) is 3.96. The van der Waals surface area contributed by atoms with E-state index in [9.17, 15) is 4.79 Å². The number of benzene rings is 1. The van der Waals surface area contributed by atoms with Gasteiger partial charge in [-0.05, 0) is 50.9 Å². The van der Waals surface area contributed by atoms with Crippen molar-refractivity contribution in [2.75, 3.05) is 11.1 Å². The monoisotopic (exact) mass is 387 g/mol. The van der Waals surface area contributed by atoms with Gasteiger partial charge in [0, 0.05) is 21.6 Å². The Labute approximate surface area is 126 Å². The highest BCUT2D eigenvalue weighted by Crippen LogP contribution is 2.33. The first kappa shape index (κ1) is 14.1. The average Bonchev–Trinajstić information content (AvgIpc) is 2.62. The lowest BCUT2D eigenvalue weighted by molar-refractivity contribution is 0.0994. The minimum Gasteiger partial charge on any atom is -0.436 e. The van der Waals surface area contributed by atoms with E-state index in [-0.39, 0.29) is 11.7 Å². The second-order valence-corrected chi connectivity index (χ2v) is 5.67. The van der Waals surface area contributed by atoms with Crippen molar-refractivity contribution in [2.24, 2.45) is 0 Å². The smallest absolute Gasteiger partial charge is 0.293 e. The highest BCUT2D eigenvalue weighted by atomic mass is 79.9. The molecule has 0 radical (unpaired) electrons. The first-order valence-electron chi connectivity index (χ1n) is 5.38. The van der Waals surface area contributed by atoms with E-state index in [0.29, 0.717) is 31.9 Å². The molecule has 0 aliphatic rings. The van der Waals surface area contributed by atoms with Crippen molar-refractivity contribution in [2.45, 2.75) is 13.8 Å². The van der Waals surface area contributed by atoms with Gasteiger partial charge in [-0.3, -0.25) is 4.79 Å². The molecule has 0 atom stereocenters. The van der Waals surface area contributed by atoms with E-state index in [4.69, 9.17) is 10.2 Å². The molecule has 0 bridgehead atoms. The molecule has 19 heavy (non-hydrogen) atoms. The van der Waals surface area contributed by atoms with Gasteiger partial charge in [0.25, 0.3) is 5.91 Å². The first-order chi connectivity index (χ1) is 8.88. The van der Waals surface area contributed by atoms with E-state index in [1.54, 1.807) is 26.0 Å². The fraction of sp³-hybridized carbons (Fsp3) is 0.167. The summed E-state index contributed by atoms with van der Waals surface area (Å²) < 4.78 is 6.64. The van der Waals surface area contributed by atoms with Crippen molar-refractivity contribution in [3.63, 3.8) is 0 Å². The second-order valence-electron chi connectivity index (χ2n) is 3.96. The zero-order valence-electron chi connectivity index (χ0n) is 10.3. The first-order valence-corrected chi connectivity index (χ1v) is 6.97. The number of carbonyl (C=O) groups is 1. The van der Waals surface area contributed by atoms with Gasteiger partial charge in [0.2, 0.25) is 5.76 Å². The molecule has 3 N–H and O–H groups in total. The molecule has 1 amide bonds. The third-order valence-electron chi connectivity index (χ3n) is 2.41. The van der Waals surface area contributed by atoms with Gasteiger partial charge < -0.3 is 15.5 Å². The number of nitrogens with one attached hydrogen (secondary N) is 1. The number of oxazole rings is 1. The lowest BCUT2D eigenvalue weighted by Crippen LogP contribution is -2.13. The molecule has 1 heterocycles. The summed E-state index contributed by atoms with van der Waals surface area (Å²) in [5.74, 6) is 0.301. The Bertz CT molecular complexity index is 629. The van der Waals surface area contributed by atoms with Crippen LogP contribution in [-0.4, -0.2) is 10.9 Å². The van der Waals surface area contributed by atoms with Crippen LogP contribution in [0.1, 0.15) is 22.1 Å². The SMILES string of the molecule is Cc1nc(C)c(C(=O)Nc2c(Br)cc(N)cc2Br)o1. The summed E-state index contributed by atoms with van der Waals surface area (Å²) in [6.45, 7) is 3.41. The number of aromatic nitrogens is 1. The predicted molar refractivity (Wildman–Crippen MR) is 80.2 cm³/mol. The summed E-state index contributed by atoms with van der Waals surface area (Å²) in [5, 5.41) is 2.75. The molecular formula is C12H11Br2N3O2. The van der Waals surface area contributed by atoms with Gasteiger partial charge in [0.05, 0.1) is 11.4 Å². The number of nitrogens with two attached hydrogens (primary N) is 1. The van der Waals surface area contributed by atoms with Crippen LogP contribution in [0.2, 0.25) is 0 Å².